The SMILES string of the molecule is CCn1nccc1N1C(=O)c2c(C)nc3ccc(S(=O)(=O)N4CCOCC4)cc3c2C1=O. The van der Waals surface area contributed by atoms with E-state index in [-0.39, 0.29) is 29.1 Å². The number of imide groups is 1. The first-order chi connectivity index (χ1) is 15.3. The number of aryl methyl sites for hydroxylation is 2. The monoisotopic (exact) mass is 455 g/mol. The van der Waals surface area contributed by atoms with Crippen LogP contribution in [0, 0.1) is 6.92 Å². The Hall–Kier alpha value is -3.15. The van der Waals surface area contributed by atoms with Gasteiger partial charge in [-0.05, 0) is 32.0 Å². The fraction of sp³-hybridized carbons (Fsp3) is 0.333. The Morgan fingerprint density at radius 1 is 1.06 bits per heavy atom. The Morgan fingerprint density at radius 2 is 1.78 bits per heavy atom. The predicted octanol–water partition coefficient (Wildman–Crippen LogP) is 1.58. The number of rotatable bonds is 4. The van der Waals surface area contributed by atoms with Gasteiger partial charge >= 0.3 is 0 Å². The second kappa shape index (κ2) is 7.47. The van der Waals surface area contributed by atoms with Gasteiger partial charge in [-0.25, -0.2) is 18.0 Å². The van der Waals surface area contributed by atoms with E-state index in [2.05, 4.69) is 10.1 Å². The van der Waals surface area contributed by atoms with Gasteiger partial charge in [0.05, 0.1) is 46.6 Å². The van der Waals surface area contributed by atoms with Gasteiger partial charge in [0.2, 0.25) is 10.0 Å². The number of carbonyl (C=O) groups is 2. The van der Waals surface area contributed by atoms with Gasteiger partial charge in [-0.15, -0.1) is 0 Å². The lowest BCUT2D eigenvalue weighted by molar-refractivity contribution is 0.0730. The summed E-state index contributed by atoms with van der Waals surface area (Å²) in [4.78, 5) is 32.3. The van der Waals surface area contributed by atoms with E-state index in [0.29, 0.717) is 42.2 Å². The fourth-order valence-corrected chi connectivity index (χ4v) is 5.66. The van der Waals surface area contributed by atoms with Gasteiger partial charge in [0.1, 0.15) is 5.82 Å². The summed E-state index contributed by atoms with van der Waals surface area (Å²) < 4.78 is 34.5. The lowest BCUT2D eigenvalue weighted by Crippen LogP contribution is -2.40. The zero-order chi connectivity index (χ0) is 22.6. The highest BCUT2D eigenvalue weighted by molar-refractivity contribution is 7.89. The van der Waals surface area contributed by atoms with Crippen LogP contribution in [-0.4, -0.2) is 65.6 Å². The minimum absolute atomic E-state index is 0.0528. The van der Waals surface area contributed by atoms with Crippen molar-refractivity contribution < 1.29 is 22.7 Å². The van der Waals surface area contributed by atoms with Crippen LogP contribution in [0.5, 0.6) is 0 Å². The molecule has 11 heteroatoms. The van der Waals surface area contributed by atoms with E-state index in [9.17, 15) is 18.0 Å². The molecule has 2 aliphatic heterocycles. The van der Waals surface area contributed by atoms with E-state index < -0.39 is 21.8 Å². The molecule has 4 heterocycles. The maximum Gasteiger partial charge on any atom is 0.269 e. The smallest absolute Gasteiger partial charge is 0.269 e. The third-order valence-electron chi connectivity index (χ3n) is 5.80. The summed E-state index contributed by atoms with van der Waals surface area (Å²) in [5, 5.41) is 4.49. The van der Waals surface area contributed by atoms with E-state index in [0.717, 1.165) is 4.90 Å². The van der Waals surface area contributed by atoms with Gasteiger partial charge in [-0.1, -0.05) is 0 Å². The molecule has 0 aliphatic carbocycles. The van der Waals surface area contributed by atoms with Gasteiger partial charge in [-0.2, -0.15) is 9.40 Å². The summed E-state index contributed by atoms with van der Waals surface area (Å²) in [6, 6.07) is 6.10. The van der Waals surface area contributed by atoms with E-state index in [1.807, 2.05) is 6.92 Å². The lowest BCUT2D eigenvalue weighted by Gasteiger charge is -2.26. The Balaban J connectivity index is 1.68. The van der Waals surface area contributed by atoms with Crippen molar-refractivity contribution >= 4 is 38.6 Å². The number of morpholine rings is 1. The molecular weight excluding hydrogens is 434 g/mol. The number of hydrogen-bond acceptors (Lipinski definition) is 7. The van der Waals surface area contributed by atoms with Gasteiger partial charge in [-0.3, -0.25) is 14.6 Å². The average molecular weight is 455 g/mol. The molecule has 0 saturated carbocycles. The van der Waals surface area contributed by atoms with E-state index in [1.165, 1.54) is 22.6 Å². The molecule has 1 aromatic carbocycles. The number of aromatic nitrogens is 3. The summed E-state index contributed by atoms with van der Waals surface area (Å²) in [5.74, 6) is -0.645. The molecule has 0 bridgehead atoms. The van der Waals surface area contributed by atoms with Gasteiger partial charge < -0.3 is 4.74 Å². The molecule has 0 N–H and O–H groups in total. The Bertz CT molecular complexity index is 1370. The molecule has 2 amide bonds. The first-order valence-electron chi connectivity index (χ1n) is 10.3. The Morgan fingerprint density at radius 3 is 2.50 bits per heavy atom. The van der Waals surface area contributed by atoms with Gasteiger partial charge in [0.15, 0.2) is 0 Å². The summed E-state index contributed by atoms with van der Waals surface area (Å²) in [6.07, 6.45) is 1.53. The maximum atomic E-state index is 13.5. The van der Waals surface area contributed by atoms with Crippen LogP contribution in [0.15, 0.2) is 35.4 Å². The number of benzene rings is 1. The number of hydrogen-bond donors (Lipinski definition) is 0. The standard InChI is InChI=1S/C21H21N5O5S/c1-3-25-17(6-7-22-25)26-20(27)18-13(2)23-16-5-4-14(12-15(16)19(18)21(26)28)32(29,30)24-8-10-31-11-9-24/h4-7,12H,3,8-11H2,1-2H3. The van der Waals surface area contributed by atoms with Crippen molar-refractivity contribution in [3.05, 3.63) is 47.3 Å². The first kappa shape index (κ1) is 20.7. The third kappa shape index (κ3) is 2.96. The maximum absolute atomic E-state index is 13.5. The van der Waals surface area contributed by atoms with Crippen LogP contribution in [0.3, 0.4) is 0 Å². The highest BCUT2D eigenvalue weighted by Gasteiger charge is 2.41. The average Bonchev–Trinajstić information content (AvgIpc) is 3.36. The summed E-state index contributed by atoms with van der Waals surface area (Å²) in [5.41, 5.74) is 1.22. The summed E-state index contributed by atoms with van der Waals surface area (Å²) in [6.45, 7) is 5.19. The normalized spacial score (nSPS) is 17.4. The van der Waals surface area contributed by atoms with E-state index >= 15 is 0 Å². The third-order valence-corrected chi connectivity index (χ3v) is 7.70. The van der Waals surface area contributed by atoms with Crippen LogP contribution in [0.4, 0.5) is 5.82 Å². The molecule has 0 radical (unpaired) electrons. The molecule has 2 aromatic heterocycles. The van der Waals surface area contributed by atoms with Gasteiger partial charge in [0, 0.05) is 31.1 Å². The van der Waals surface area contributed by atoms with Crippen molar-refractivity contribution in [3.8, 4) is 0 Å². The van der Waals surface area contributed by atoms with Crippen molar-refractivity contribution in [2.24, 2.45) is 0 Å². The number of ether oxygens (including phenoxy) is 1. The van der Waals surface area contributed by atoms with E-state index in [1.54, 1.807) is 23.7 Å². The molecule has 32 heavy (non-hydrogen) atoms. The molecular formula is C21H21N5O5S. The van der Waals surface area contributed by atoms with Crippen LogP contribution in [0.25, 0.3) is 10.9 Å². The number of pyridine rings is 1. The lowest BCUT2D eigenvalue weighted by atomic mass is 10.0. The number of sulfonamides is 1. The molecule has 0 spiro atoms. The van der Waals surface area contributed by atoms with Crippen LogP contribution < -0.4 is 4.90 Å². The van der Waals surface area contributed by atoms with E-state index in [4.69, 9.17) is 4.74 Å². The molecule has 10 nitrogen and oxygen atoms in total. The van der Waals surface area contributed by atoms with Gasteiger partial charge in [0.25, 0.3) is 11.8 Å². The quantitative estimate of drug-likeness (QED) is 0.549. The number of carbonyl (C=O) groups excluding carboxylic acids is 2. The van der Waals surface area contributed by atoms with Crippen molar-refractivity contribution in [2.75, 3.05) is 31.2 Å². The molecule has 1 saturated heterocycles. The van der Waals surface area contributed by atoms with Crippen LogP contribution in [-0.2, 0) is 21.3 Å². The van der Waals surface area contributed by atoms with Crippen molar-refractivity contribution in [1.29, 1.82) is 0 Å². The van der Waals surface area contributed by atoms with Crippen LogP contribution in [0.1, 0.15) is 33.3 Å². The minimum Gasteiger partial charge on any atom is -0.379 e. The number of amides is 2. The van der Waals surface area contributed by atoms with Crippen LogP contribution >= 0.6 is 0 Å². The van der Waals surface area contributed by atoms with Crippen molar-refractivity contribution in [3.63, 3.8) is 0 Å². The second-order valence-corrected chi connectivity index (χ2v) is 9.53. The Labute approximate surface area is 184 Å². The summed E-state index contributed by atoms with van der Waals surface area (Å²) in [7, 11) is -3.78. The highest BCUT2D eigenvalue weighted by atomic mass is 32.2. The predicted molar refractivity (Wildman–Crippen MR) is 115 cm³/mol. The fourth-order valence-electron chi connectivity index (χ4n) is 4.23. The topological polar surface area (TPSA) is 115 Å². The van der Waals surface area contributed by atoms with Crippen molar-refractivity contribution in [1.82, 2.24) is 19.1 Å². The molecule has 5 rings (SSSR count). The van der Waals surface area contributed by atoms with Crippen LogP contribution in [0.2, 0.25) is 0 Å². The number of fused-ring (bicyclic) bond motifs is 3. The minimum atomic E-state index is -3.78. The first-order valence-corrected chi connectivity index (χ1v) is 11.7. The zero-order valence-electron chi connectivity index (χ0n) is 17.6. The molecule has 1 fully saturated rings. The summed E-state index contributed by atoms with van der Waals surface area (Å²) >= 11 is 0. The molecule has 0 unspecified atom stereocenters. The zero-order valence-corrected chi connectivity index (χ0v) is 18.4. The number of anilines is 1. The molecule has 3 aromatic rings. The largest absolute Gasteiger partial charge is 0.379 e. The highest BCUT2D eigenvalue weighted by Crippen LogP contribution is 2.35. The Kier molecular flexibility index (Phi) is 4.84. The van der Waals surface area contributed by atoms with Crippen molar-refractivity contribution in [2.45, 2.75) is 25.3 Å². The second-order valence-electron chi connectivity index (χ2n) is 7.59. The number of nitrogens with zero attached hydrogens (tertiary/aromatic N) is 5. The molecule has 0 atom stereocenters. The molecule has 166 valence electrons. The molecule has 2 aliphatic rings.